The summed E-state index contributed by atoms with van der Waals surface area (Å²) in [6, 6.07) is 6.50. The van der Waals surface area contributed by atoms with E-state index in [2.05, 4.69) is 0 Å². The minimum absolute atomic E-state index is 0.0315. The monoisotopic (exact) mass is 266 g/mol. The van der Waals surface area contributed by atoms with E-state index in [-0.39, 0.29) is 24.5 Å². The van der Waals surface area contributed by atoms with Gasteiger partial charge in [0.25, 0.3) is 5.56 Å². The van der Waals surface area contributed by atoms with Gasteiger partial charge >= 0.3 is 0 Å². The van der Waals surface area contributed by atoms with Crippen molar-refractivity contribution < 1.29 is 13.5 Å². The Morgan fingerprint density at radius 1 is 1.21 bits per heavy atom. The largest absolute Gasteiger partial charge is 0.489 e. The molecule has 0 radical (unpaired) electrons. The highest BCUT2D eigenvalue weighted by Gasteiger charge is 2.08. The molecule has 0 spiro atoms. The van der Waals surface area contributed by atoms with Crippen LogP contribution in [0, 0.1) is 11.6 Å². The standard InChI is InChI=1S/C13H12F2N2O2/c14-10-2-1-3-11(13(10)15)19-7-6-17-8-9(16)4-5-12(17)18/h1-5,8H,6-7,16H2. The Morgan fingerprint density at radius 3 is 2.79 bits per heavy atom. The number of nitrogens with two attached hydrogens (primary N) is 1. The first kappa shape index (κ1) is 13.1. The van der Waals surface area contributed by atoms with Crippen LogP contribution < -0.4 is 16.0 Å². The van der Waals surface area contributed by atoms with E-state index in [1.807, 2.05) is 0 Å². The molecule has 19 heavy (non-hydrogen) atoms. The molecule has 2 aromatic rings. The summed E-state index contributed by atoms with van der Waals surface area (Å²) in [7, 11) is 0. The zero-order chi connectivity index (χ0) is 13.8. The first-order chi connectivity index (χ1) is 9.08. The number of aromatic nitrogens is 1. The first-order valence-electron chi connectivity index (χ1n) is 5.60. The third-order valence-electron chi connectivity index (χ3n) is 2.51. The number of hydrogen-bond acceptors (Lipinski definition) is 3. The molecule has 0 aliphatic heterocycles. The van der Waals surface area contributed by atoms with Gasteiger partial charge in [-0.25, -0.2) is 4.39 Å². The van der Waals surface area contributed by atoms with Gasteiger partial charge in [0.1, 0.15) is 6.61 Å². The van der Waals surface area contributed by atoms with Gasteiger partial charge in [-0.3, -0.25) is 4.79 Å². The summed E-state index contributed by atoms with van der Waals surface area (Å²) in [5, 5.41) is 0. The van der Waals surface area contributed by atoms with E-state index in [1.165, 1.54) is 35.0 Å². The summed E-state index contributed by atoms with van der Waals surface area (Å²) < 4.78 is 32.6. The number of halogens is 2. The molecular weight excluding hydrogens is 254 g/mol. The maximum atomic E-state index is 13.3. The van der Waals surface area contributed by atoms with E-state index >= 15 is 0 Å². The van der Waals surface area contributed by atoms with E-state index in [0.717, 1.165) is 6.07 Å². The SMILES string of the molecule is Nc1ccc(=O)n(CCOc2cccc(F)c2F)c1. The van der Waals surface area contributed by atoms with Gasteiger partial charge in [-0.05, 0) is 18.2 Å². The molecule has 0 unspecified atom stereocenters. The number of benzene rings is 1. The molecule has 0 saturated heterocycles. The van der Waals surface area contributed by atoms with Gasteiger partial charge in [-0.15, -0.1) is 0 Å². The molecule has 0 aliphatic rings. The Balaban J connectivity index is 2.02. The lowest BCUT2D eigenvalue weighted by molar-refractivity contribution is 0.278. The molecule has 0 aliphatic carbocycles. The highest BCUT2D eigenvalue weighted by Crippen LogP contribution is 2.18. The number of ether oxygens (including phenoxy) is 1. The first-order valence-corrected chi connectivity index (χ1v) is 5.60. The van der Waals surface area contributed by atoms with Gasteiger partial charge < -0.3 is 15.0 Å². The second-order valence-corrected chi connectivity index (χ2v) is 3.89. The van der Waals surface area contributed by atoms with Crippen molar-refractivity contribution in [3.05, 3.63) is 58.5 Å². The highest BCUT2D eigenvalue weighted by molar-refractivity contribution is 5.33. The van der Waals surface area contributed by atoms with Crippen LogP contribution in [0.3, 0.4) is 0 Å². The summed E-state index contributed by atoms with van der Waals surface area (Å²) in [5.74, 6) is -2.20. The van der Waals surface area contributed by atoms with Gasteiger partial charge in [0.2, 0.25) is 5.82 Å². The summed E-state index contributed by atoms with van der Waals surface area (Å²) in [6.07, 6.45) is 1.47. The molecule has 0 fully saturated rings. The smallest absolute Gasteiger partial charge is 0.250 e. The lowest BCUT2D eigenvalue weighted by Crippen LogP contribution is -2.22. The third kappa shape index (κ3) is 3.09. The Morgan fingerprint density at radius 2 is 2.00 bits per heavy atom. The normalized spacial score (nSPS) is 10.4. The third-order valence-corrected chi connectivity index (χ3v) is 2.51. The van der Waals surface area contributed by atoms with Crippen molar-refractivity contribution in [2.45, 2.75) is 6.54 Å². The topological polar surface area (TPSA) is 57.2 Å². The summed E-state index contributed by atoms with van der Waals surface area (Å²) in [4.78, 5) is 11.5. The minimum Gasteiger partial charge on any atom is -0.489 e. The number of anilines is 1. The number of pyridine rings is 1. The molecule has 0 saturated carbocycles. The molecule has 2 N–H and O–H groups in total. The average Bonchev–Trinajstić information content (AvgIpc) is 2.38. The minimum atomic E-state index is -1.04. The van der Waals surface area contributed by atoms with Gasteiger partial charge in [-0.1, -0.05) is 6.07 Å². The Labute approximate surface area is 108 Å². The van der Waals surface area contributed by atoms with Crippen LogP contribution in [0.2, 0.25) is 0 Å². The number of rotatable bonds is 4. The molecule has 1 aromatic heterocycles. The molecule has 1 heterocycles. The number of hydrogen-bond donors (Lipinski definition) is 1. The van der Waals surface area contributed by atoms with Crippen molar-refractivity contribution in [1.29, 1.82) is 0 Å². The van der Waals surface area contributed by atoms with Crippen molar-refractivity contribution in [2.75, 3.05) is 12.3 Å². The van der Waals surface area contributed by atoms with Gasteiger partial charge in [-0.2, -0.15) is 4.39 Å². The maximum Gasteiger partial charge on any atom is 0.250 e. The predicted octanol–water partition coefficient (Wildman–Crippen LogP) is 1.79. The van der Waals surface area contributed by atoms with Crippen LogP contribution in [-0.4, -0.2) is 11.2 Å². The van der Waals surface area contributed by atoms with Crippen LogP contribution in [0.1, 0.15) is 0 Å². The maximum absolute atomic E-state index is 13.3. The molecule has 2 rings (SSSR count). The van der Waals surface area contributed by atoms with Crippen molar-refractivity contribution in [3.63, 3.8) is 0 Å². The van der Waals surface area contributed by atoms with Crippen LogP contribution in [0.25, 0.3) is 0 Å². The van der Waals surface area contributed by atoms with E-state index in [4.69, 9.17) is 10.5 Å². The fraction of sp³-hybridized carbons (Fsp3) is 0.154. The molecule has 4 nitrogen and oxygen atoms in total. The van der Waals surface area contributed by atoms with Crippen molar-refractivity contribution in [2.24, 2.45) is 0 Å². The van der Waals surface area contributed by atoms with Crippen LogP contribution in [0.15, 0.2) is 41.3 Å². The second kappa shape index (κ2) is 5.51. The fourth-order valence-corrected chi connectivity index (χ4v) is 1.57. The Hall–Kier alpha value is -2.37. The van der Waals surface area contributed by atoms with Gasteiger partial charge in [0.05, 0.1) is 6.54 Å². The summed E-state index contributed by atoms with van der Waals surface area (Å²) >= 11 is 0. The molecule has 100 valence electrons. The van der Waals surface area contributed by atoms with Crippen molar-refractivity contribution >= 4 is 5.69 Å². The van der Waals surface area contributed by atoms with Crippen LogP contribution in [0.4, 0.5) is 14.5 Å². The van der Waals surface area contributed by atoms with Gasteiger partial charge in [0, 0.05) is 18.0 Å². The van der Waals surface area contributed by atoms with Crippen molar-refractivity contribution in [3.8, 4) is 5.75 Å². The molecule has 6 heteroatoms. The molecule has 0 bridgehead atoms. The molecule has 0 amide bonds. The van der Waals surface area contributed by atoms with Crippen LogP contribution >= 0.6 is 0 Å². The fourth-order valence-electron chi connectivity index (χ4n) is 1.57. The molecule has 0 atom stereocenters. The summed E-state index contributed by atoms with van der Waals surface area (Å²) in [5.41, 5.74) is 5.75. The molecular formula is C13H12F2N2O2. The summed E-state index contributed by atoms with van der Waals surface area (Å²) in [6.45, 7) is 0.226. The van der Waals surface area contributed by atoms with E-state index in [9.17, 15) is 13.6 Å². The van der Waals surface area contributed by atoms with Crippen LogP contribution in [-0.2, 0) is 6.54 Å². The zero-order valence-corrected chi connectivity index (χ0v) is 9.98. The van der Waals surface area contributed by atoms with E-state index in [1.54, 1.807) is 0 Å². The van der Waals surface area contributed by atoms with Crippen LogP contribution in [0.5, 0.6) is 5.75 Å². The lowest BCUT2D eigenvalue weighted by Gasteiger charge is -2.09. The number of nitrogens with zero attached hydrogens (tertiary/aromatic N) is 1. The Bertz CT molecular complexity index is 641. The van der Waals surface area contributed by atoms with E-state index in [0.29, 0.717) is 5.69 Å². The highest BCUT2D eigenvalue weighted by atomic mass is 19.2. The quantitative estimate of drug-likeness (QED) is 0.917. The zero-order valence-electron chi connectivity index (χ0n) is 9.98. The van der Waals surface area contributed by atoms with E-state index < -0.39 is 11.6 Å². The second-order valence-electron chi connectivity index (χ2n) is 3.89. The van der Waals surface area contributed by atoms with Gasteiger partial charge in [0.15, 0.2) is 11.6 Å². The average molecular weight is 266 g/mol. The number of nitrogen functional groups attached to an aromatic ring is 1. The Kier molecular flexibility index (Phi) is 3.79. The van der Waals surface area contributed by atoms with Crippen molar-refractivity contribution in [1.82, 2.24) is 4.57 Å². The molecule has 1 aromatic carbocycles. The predicted molar refractivity (Wildman–Crippen MR) is 67.0 cm³/mol. The lowest BCUT2D eigenvalue weighted by atomic mass is 10.3.